The van der Waals surface area contributed by atoms with E-state index in [0.717, 1.165) is 5.56 Å². The van der Waals surface area contributed by atoms with Gasteiger partial charge in [-0.25, -0.2) is 0 Å². The zero-order valence-electron chi connectivity index (χ0n) is 11.3. The first-order valence-corrected chi connectivity index (χ1v) is 5.88. The van der Waals surface area contributed by atoms with Crippen molar-refractivity contribution >= 4 is 11.9 Å². The van der Waals surface area contributed by atoms with Gasteiger partial charge in [-0.1, -0.05) is 12.1 Å². The van der Waals surface area contributed by atoms with E-state index in [4.69, 9.17) is 9.47 Å². The molecular formula is C14H18O5. The molecule has 1 aromatic carbocycles. The van der Waals surface area contributed by atoms with Crippen molar-refractivity contribution in [2.24, 2.45) is 5.92 Å². The van der Waals surface area contributed by atoms with Crippen molar-refractivity contribution in [2.45, 2.75) is 12.8 Å². The number of carbonyl (C=O) groups excluding carboxylic acids is 2. The SMILES string of the molecule is COC(=O)C[C@@H](Cc1cccc(OC)c1)C(=O)OC. The molecule has 1 atom stereocenters. The predicted octanol–water partition coefficient (Wildman–Crippen LogP) is 1.59. The van der Waals surface area contributed by atoms with Crippen LogP contribution in [0.3, 0.4) is 0 Å². The monoisotopic (exact) mass is 266 g/mol. The Hall–Kier alpha value is -2.04. The number of ether oxygens (including phenoxy) is 3. The van der Waals surface area contributed by atoms with E-state index in [2.05, 4.69) is 4.74 Å². The first kappa shape index (κ1) is 15.0. The fourth-order valence-corrected chi connectivity index (χ4v) is 1.77. The van der Waals surface area contributed by atoms with E-state index in [1.54, 1.807) is 7.11 Å². The molecule has 0 bridgehead atoms. The zero-order valence-corrected chi connectivity index (χ0v) is 11.3. The van der Waals surface area contributed by atoms with Gasteiger partial charge in [-0.3, -0.25) is 9.59 Å². The number of benzene rings is 1. The summed E-state index contributed by atoms with van der Waals surface area (Å²) in [4.78, 5) is 23.0. The summed E-state index contributed by atoms with van der Waals surface area (Å²) in [6, 6.07) is 7.35. The van der Waals surface area contributed by atoms with Gasteiger partial charge in [0.2, 0.25) is 0 Å². The number of hydrogen-bond acceptors (Lipinski definition) is 5. The number of esters is 2. The highest BCUT2D eigenvalue weighted by molar-refractivity contribution is 5.80. The van der Waals surface area contributed by atoms with Crippen molar-refractivity contribution in [3.05, 3.63) is 29.8 Å². The summed E-state index contributed by atoms with van der Waals surface area (Å²) in [5.41, 5.74) is 0.902. The largest absolute Gasteiger partial charge is 0.497 e. The van der Waals surface area contributed by atoms with Gasteiger partial charge in [-0.15, -0.1) is 0 Å². The molecule has 0 saturated heterocycles. The summed E-state index contributed by atoms with van der Waals surface area (Å²) < 4.78 is 14.4. The van der Waals surface area contributed by atoms with Crippen LogP contribution >= 0.6 is 0 Å². The van der Waals surface area contributed by atoms with Crippen LogP contribution in [0.1, 0.15) is 12.0 Å². The molecule has 0 amide bonds. The molecule has 1 aromatic rings. The van der Waals surface area contributed by atoms with Crippen LogP contribution in [0.25, 0.3) is 0 Å². The molecule has 104 valence electrons. The summed E-state index contributed by atoms with van der Waals surface area (Å²) in [5, 5.41) is 0. The van der Waals surface area contributed by atoms with Gasteiger partial charge in [0.15, 0.2) is 0 Å². The second kappa shape index (κ2) is 7.41. The Morgan fingerprint density at radius 1 is 1.16 bits per heavy atom. The lowest BCUT2D eigenvalue weighted by Crippen LogP contribution is -2.22. The summed E-state index contributed by atoms with van der Waals surface area (Å²) in [5.74, 6) is -0.699. The van der Waals surface area contributed by atoms with Crippen molar-refractivity contribution in [2.75, 3.05) is 21.3 Å². The second-order valence-corrected chi connectivity index (χ2v) is 4.06. The molecule has 5 heteroatoms. The third-order valence-corrected chi connectivity index (χ3v) is 2.79. The Balaban J connectivity index is 2.80. The summed E-state index contributed by atoms with van der Waals surface area (Å²) in [7, 11) is 4.17. The normalized spacial score (nSPS) is 11.5. The highest BCUT2D eigenvalue weighted by Gasteiger charge is 2.23. The molecule has 0 aliphatic rings. The van der Waals surface area contributed by atoms with Gasteiger partial charge in [-0.2, -0.15) is 0 Å². The lowest BCUT2D eigenvalue weighted by Gasteiger charge is -2.13. The molecule has 0 aliphatic heterocycles. The van der Waals surface area contributed by atoms with Crippen LogP contribution in [0.4, 0.5) is 0 Å². The molecule has 0 N–H and O–H groups in total. The molecule has 0 radical (unpaired) electrons. The number of methoxy groups -OCH3 is 3. The van der Waals surface area contributed by atoms with Gasteiger partial charge in [0.25, 0.3) is 0 Å². The minimum absolute atomic E-state index is 0.000380. The molecule has 0 spiro atoms. The van der Waals surface area contributed by atoms with Crippen molar-refractivity contribution in [1.82, 2.24) is 0 Å². The topological polar surface area (TPSA) is 61.8 Å². The predicted molar refractivity (Wildman–Crippen MR) is 68.8 cm³/mol. The Morgan fingerprint density at radius 2 is 1.89 bits per heavy atom. The fraction of sp³-hybridized carbons (Fsp3) is 0.429. The Morgan fingerprint density at radius 3 is 2.47 bits per heavy atom. The van der Waals surface area contributed by atoms with E-state index < -0.39 is 17.9 Å². The van der Waals surface area contributed by atoms with Crippen LogP contribution in [0.5, 0.6) is 5.75 Å². The first-order chi connectivity index (χ1) is 9.10. The van der Waals surface area contributed by atoms with E-state index in [-0.39, 0.29) is 6.42 Å². The van der Waals surface area contributed by atoms with Gasteiger partial charge in [0.05, 0.1) is 33.7 Å². The van der Waals surface area contributed by atoms with Crippen LogP contribution in [0.15, 0.2) is 24.3 Å². The van der Waals surface area contributed by atoms with Gasteiger partial charge in [-0.05, 0) is 24.1 Å². The maximum atomic E-state index is 11.7. The second-order valence-electron chi connectivity index (χ2n) is 4.06. The molecule has 19 heavy (non-hydrogen) atoms. The lowest BCUT2D eigenvalue weighted by atomic mass is 9.96. The van der Waals surface area contributed by atoms with E-state index in [1.807, 2.05) is 24.3 Å². The smallest absolute Gasteiger partial charge is 0.309 e. The van der Waals surface area contributed by atoms with Gasteiger partial charge < -0.3 is 14.2 Å². The standard InChI is InChI=1S/C14H18O5/c1-17-12-6-4-5-10(8-12)7-11(14(16)19-3)9-13(15)18-2/h4-6,8,11H,7,9H2,1-3H3/t11-/m1/s1. The maximum absolute atomic E-state index is 11.7. The van der Waals surface area contributed by atoms with Crippen LogP contribution in [0.2, 0.25) is 0 Å². The Labute approximate surface area is 112 Å². The molecule has 0 heterocycles. The van der Waals surface area contributed by atoms with Crippen molar-refractivity contribution < 1.29 is 23.8 Å². The maximum Gasteiger partial charge on any atom is 0.309 e. The van der Waals surface area contributed by atoms with Gasteiger partial charge in [0.1, 0.15) is 5.75 Å². The average Bonchev–Trinajstić information content (AvgIpc) is 2.45. The Kier molecular flexibility index (Phi) is 5.85. The quantitative estimate of drug-likeness (QED) is 0.732. The minimum Gasteiger partial charge on any atom is -0.497 e. The Bertz CT molecular complexity index is 441. The van der Waals surface area contributed by atoms with E-state index >= 15 is 0 Å². The third kappa shape index (κ3) is 4.62. The minimum atomic E-state index is -0.551. The van der Waals surface area contributed by atoms with E-state index in [9.17, 15) is 9.59 Å². The van der Waals surface area contributed by atoms with Crippen LogP contribution in [-0.4, -0.2) is 33.3 Å². The molecule has 1 rings (SSSR count). The highest BCUT2D eigenvalue weighted by atomic mass is 16.5. The fourth-order valence-electron chi connectivity index (χ4n) is 1.77. The van der Waals surface area contributed by atoms with Crippen LogP contribution in [0, 0.1) is 5.92 Å². The van der Waals surface area contributed by atoms with Crippen molar-refractivity contribution in [3.63, 3.8) is 0 Å². The summed E-state index contributed by atoms with van der Waals surface area (Å²) in [6.45, 7) is 0. The molecule has 0 aliphatic carbocycles. The molecule has 0 aromatic heterocycles. The van der Waals surface area contributed by atoms with Crippen LogP contribution in [-0.2, 0) is 25.5 Å². The molecule has 0 saturated carbocycles. The van der Waals surface area contributed by atoms with Gasteiger partial charge >= 0.3 is 11.9 Å². The van der Waals surface area contributed by atoms with Crippen LogP contribution < -0.4 is 4.74 Å². The molecular weight excluding hydrogens is 248 g/mol. The number of carbonyl (C=O) groups is 2. The lowest BCUT2D eigenvalue weighted by molar-refractivity contribution is -0.151. The first-order valence-electron chi connectivity index (χ1n) is 5.88. The number of hydrogen-bond donors (Lipinski definition) is 0. The molecule has 0 unspecified atom stereocenters. The van der Waals surface area contributed by atoms with Crippen molar-refractivity contribution in [3.8, 4) is 5.75 Å². The number of rotatable bonds is 6. The zero-order chi connectivity index (χ0) is 14.3. The molecule has 5 nitrogen and oxygen atoms in total. The van der Waals surface area contributed by atoms with Gasteiger partial charge in [0, 0.05) is 0 Å². The highest BCUT2D eigenvalue weighted by Crippen LogP contribution is 2.19. The van der Waals surface area contributed by atoms with E-state index in [1.165, 1.54) is 14.2 Å². The summed E-state index contributed by atoms with van der Waals surface area (Å²) in [6.07, 6.45) is 0.402. The van der Waals surface area contributed by atoms with E-state index in [0.29, 0.717) is 12.2 Å². The third-order valence-electron chi connectivity index (χ3n) is 2.79. The van der Waals surface area contributed by atoms with Crippen molar-refractivity contribution in [1.29, 1.82) is 0 Å². The summed E-state index contributed by atoms with van der Waals surface area (Å²) >= 11 is 0. The average molecular weight is 266 g/mol. The molecule has 0 fully saturated rings.